The summed E-state index contributed by atoms with van der Waals surface area (Å²) < 4.78 is 0.163. The molecule has 0 radical (unpaired) electrons. The summed E-state index contributed by atoms with van der Waals surface area (Å²) in [5.74, 6) is 0.895. The van der Waals surface area contributed by atoms with Crippen molar-refractivity contribution in [3.8, 4) is 0 Å². The molecule has 0 atom stereocenters. The number of rotatable bonds is 7. The fourth-order valence-corrected chi connectivity index (χ4v) is 2.65. The number of guanidine groups is 1. The highest BCUT2D eigenvalue weighted by Crippen LogP contribution is 2.19. The molecule has 1 rings (SSSR count). The van der Waals surface area contributed by atoms with Crippen molar-refractivity contribution in [1.29, 1.82) is 0 Å². The Balaban J connectivity index is 2.19. The van der Waals surface area contributed by atoms with E-state index in [-0.39, 0.29) is 10.7 Å². The molecule has 0 aromatic heterocycles. The van der Waals surface area contributed by atoms with Crippen LogP contribution in [-0.4, -0.2) is 49.0 Å². The summed E-state index contributed by atoms with van der Waals surface area (Å²) in [5, 5.41) is 9.64. The lowest BCUT2D eigenvalue weighted by atomic mass is 9.95. The van der Waals surface area contributed by atoms with Crippen LogP contribution in [0.25, 0.3) is 0 Å². The van der Waals surface area contributed by atoms with E-state index < -0.39 is 0 Å². The van der Waals surface area contributed by atoms with Gasteiger partial charge in [-0.2, -0.15) is 11.8 Å². The van der Waals surface area contributed by atoms with Gasteiger partial charge >= 0.3 is 0 Å². The summed E-state index contributed by atoms with van der Waals surface area (Å²) in [5.41, 5.74) is 0. The zero-order valence-electron chi connectivity index (χ0n) is 14.5. The minimum atomic E-state index is 0.138. The molecule has 3 N–H and O–H groups in total. The van der Waals surface area contributed by atoms with E-state index >= 15 is 0 Å². The molecule has 1 fully saturated rings. The van der Waals surface area contributed by atoms with E-state index in [4.69, 9.17) is 0 Å². The predicted octanol–water partition coefficient (Wildman–Crippen LogP) is 2.13. The Kier molecular flexibility index (Phi) is 8.68. The van der Waals surface area contributed by atoms with Crippen LogP contribution in [0.15, 0.2) is 4.99 Å². The molecule has 128 valence electrons. The van der Waals surface area contributed by atoms with Gasteiger partial charge in [-0.3, -0.25) is 9.79 Å². The Bertz CT molecular complexity index is 365. The van der Waals surface area contributed by atoms with Crippen molar-refractivity contribution >= 4 is 23.6 Å². The Morgan fingerprint density at radius 2 is 1.91 bits per heavy atom. The number of carbonyl (C=O) groups excluding carboxylic acids is 1. The van der Waals surface area contributed by atoms with Crippen LogP contribution in [-0.2, 0) is 4.79 Å². The molecular formula is C16H32N4OS. The quantitative estimate of drug-likeness (QED) is 0.495. The summed E-state index contributed by atoms with van der Waals surface area (Å²) in [6.07, 6.45) is 8.65. The smallest absolute Gasteiger partial charge is 0.221 e. The topological polar surface area (TPSA) is 65.5 Å². The van der Waals surface area contributed by atoms with Crippen LogP contribution >= 0.6 is 11.8 Å². The van der Waals surface area contributed by atoms with Crippen molar-refractivity contribution < 1.29 is 4.79 Å². The maximum atomic E-state index is 11.9. The molecule has 1 saturated carbocycles. The largest absolute Gasteiger partial charge is 0.356 e. The van der Waals surface area contributed by atoms with Gasteiger partial charge in [0.2, 0.25) is 5.91 Å². The van der Waals surface area contributed by atoms with Gasteiger partial charge in [-0.1, -0.05) is 19.3 Å². The third-order valence-corrected chi connectivity index (χ3v) is 5.32. The zero-order chi connectivity index (χ0) is 16.4. The molecule has 1 amide bonds. The SMILES string of the molecule is CN=C(NCCC(=O)NC1CCCCC1)NCC(C)(C)SC. The molecule has 22 heavy (non-hydrogen) atoms. The molecule has 1 aliphatic carbocycles. The molecule has 1 aliphatic rings. The van der Waals surface area contributed by atoms with Gasteiger partial charge in [0.15, 0.2) is 5.96 Å². The first kappa shape index (κ1) is 19.1. The van der Waals surface area contributed by atoms with Crippen molar-refractivity contribution in [2.75, 3.05) is 26.4 Å². The van der Waals surface area contributed by atoms with Crippen molar-refractivity contribution in [3.05, 3.63) is 0 Å². The highest BCUT2D eigenvalue weighted by molar-refractivity contribution is 7.99. The van der Waals surface area contributed by atoms with Crippen molar-refractivity contribution in [1.82, 2.24) is 16.0 Å². The second kappa shape index (κ2) is 9.98. The summed E-state index contributed by atoms with van der Waals surface area (Å²) in [6.45, 7) is 5.82. The van der Waals surface area contributed by atoms with E-state index in [9.17, 15) is 4.79 Å². The number of aliphatic imine (C=N–C) groups is 1. The molecular weight excluding hydrogens is 296 g/mol. The van der Waals surface area contributed by atoms with E-state index in [2.05, 4.69) is 41.0 Å². The maximum absolute atomic E-state index is 11.9. The Labute approximate surface area is 139 Å². The lowest BCUT2D eigenvalue weighted by molar-refractivity contribution is -0.121. The molecule has 5 nitrogen and oxygen atoms in total. The third-order valence-electron chi connectivity index (χ3n) is 4.07. The molecule has 0 aromatic rings. The molecule has 0 aromatic carbocycles. The van der Waals surface area contributed by atoms with E-state index in [1.807, 2.05) is 11.8 Å². The summed E-state index contributed by atoms with van der Waals surface area (Å²) >= 11 is 1.82. The second-order valence-corrected chi connectivity index (χ2v) is 7.98. The van der Waals surface area contributed by atoms with Gasteiger partial charge in [0.05, 0.1) is 0 Å². The third kappa shape index (κ3) is 7.92. The second-order valence-electron chi connectivity index (χ2n) is 6.47. The average molecular weight is 329 g/mol. The number of nitrogens with one attached hydrogen (secondary N) is 3. The number of carbonyl (C=O) groups is 1. The van der Waals surface area contributed by atoms with Crippen LogP contribution in [0, 0.1) is 0 Å². The predicted molar refractivity (Wildman–Crippen MR) is 96.6 cm³/mol. The van der Waals surface area contributed by atoms with Crippen LogP contribution in [0.4, 0.5) is 0 Å². The maximum Gasteiger partial charge on any atom is 0.221 e. The molecule has 0 aliphatic heterocycles. The number of hydrogen-bond donors (Lipinski definition) is 3. The van der Waals surface area contributed by atoms with E-state index in [1.54, 1.807) is 7.05 Å². The van der Waals surface area contributed by atoms with Crippen LogP contribution in [0.5, 0.6) is 0 Å². The van der Waals surface area contributed by atoms with Gasteiger partial charge in [-0.15, -0.1) is 0 Å². The van der Waals surface area contributed by atoms with Gasteiger partial charge in [0, 0.05) is 37.3 Å². The van der Waals surface area contributed by atoms with Crippen LogP contribution in [0.3, 0.4) is 0 Å². The van der Waals surface area contributed by atoms with Crippen LogP contribution in [0.1, 0.15) is 52.4 Å². The lowest BCUT2D eigenvalue weighted by Crippen LogP contribution is -2.44. The Hall–Kier alpha value is -0.910. The summed E-state index contributed by atoms with van der Waals surface area (Å²) in [4.78, 5) is 16.1. The van der Waals surface area contributed by atoms with Gasteiger partial charge in [0.1, 0.15) is 0 Å². The minimum absolute atomic E-state index is 0.138. The van der Waals surface area contributed by atoms with Crippen LogP contribution < -0.4 is 16.0 Å². The first-order valence-electron chi connectivity index (χ1n) is 8.26. The minimum Gasteiger partial charge on any atom is -0.356 e. The molecule has 0 unspecified atom stereocenters. The number of thioether (sulfide) groups is 1. The van der Waals surface area contributed by atoms with Gasteiger partial charge < -0.3 is 16.0 Å². The fourth-order valence-electron chi connectivity index (χ4n) is 2.43. The number of hydrogen-bond acceptors (Lipinski definition) is 3. The van der Waals surface area contributed by atoms with E-state index in [1.165, 1.54) is 19.3 Å². The molecule has 0 spiro atoms. The van der Waals surface area contributed by atoms with Gasteiger partial charge in [0.25, 0.3) is 0 Å². The van der Waals surface area contributed by atoms with Gasteiger partial charge in [-0.05, 0) is 32.9 Å². The van der Waals surface area contributed by atoms with Gasteiger partial charge in [-0.25, -0.2) is 0 Å². The molecule has 0 heterocycles. The molecule has 0 bridgehead atoms. The highest BCUT2D eigenvalue weighted by atomic mass is 32.2. The van der Waals surface area contributed by atoms with Crippen molar-refractivity contribution in [2.45, 2.75) is 63.2 Å². The lowest BCUT2D eigenvalue weighted by Gasteiger charge is -2.24. The molecule has 6 heteroatoms. The first-order valence-corrected chi connectivity index (χ1v) is 9.48. The summed E-state index contributed by atoms with van der Waals surface area (Å²) in [7, 11) is 1.75. The monoisotopic (exact) mass is 328 g/mol. The number of nitrogens with zero attached hydrogens (tertiary/aromatic N) is 1. The fraction of sp³-hybridized carbons (Fsp3) is 0.875. The highest BCUT2D eigenvalue weighted by Gasteiger charge is 2.17. The Morgan fingerprint density at radius 3 is 2.50 bits per heavy atom. The molecule has 0 saturated heterocycles. The number of amides is 1. The van der Waals surface area contributed by atoms with Crippen LogP contribution in [0.2, 0.25) is 0 Å². The zero-order valence-corrected chi connectivity index (χ0v) is 15.3. The van der Waals surface area contributed by atoms with E-state index in [0.29, 0.717) is 19.0 Å². The van der Waals surface area contributed by atoms with E-state index in [0.717, 1.165) is 25.3 Å². The van der Waals surface area contributed by atoms with Crippen molar-refractivity contribution in [3.63, 3.8) is 0 Å². The average Bonchev–Trinajstić information content (AvgIpc) is 2.51. The Morgan fingerprint density at radius 1 is 1.23 bits per heavy atom. The standard InChI is InChI=1S/C16H32N4OS/c1-16(2,22-4)12-19-15(17-3)18-11-10-14(21)20-13-8-6-5-7-9-13/h13H,5-12H2,1-4H3,(H,20,21)(H2,17,18,19). The van der Waals surface area contributed by atoms with Crippen molar-refractivity contribution in [2.24, 2.45) is 4.99 Å². The first-order chi connectivity index (χ1) is 10.5. The normalized spacial score (nSPS) is 17.2. The summed E-state index contributed by atoms with van der Waals surface area (Å²) in [6, 6.07) is 0.390.